The smallest absolute Gasteiger partial charge is 0.286 e. The van der Waals surface area contributed by atoms with Crippen molar-refractivity contribution in [2.45, 2.75) is 11.6 Å². The minimum absolute atomic E-state index is 0.537. The van der Waals surface area contributed by atoms with Gasteiger partial charge in [0.15, 0.2) is 5.37 Å². The quantitative estimate of drug-likeness (QED) is 0.544. The molecule has 1 aliphatic rings. The zero-order valence-electron chi connectivity index (χ0n) is 5.48. The lowest BCUT2D eigenvalue weighted by molar-refractivity contribution is -0.151. The summed E-state index contributed by atoms with van der Waals surface area (Å²) in [5, 5.41) is -1.27. The van der Waals surface area contributed by atoms with Crippen LogP contribution in [0, 0.1) is 0 Å². The predicted molar refractivity (Wildman–Crippen MR) is 34.9 cm³/mol. The van der Waals surface area contributed by atoms with Gasteiger partial charge < -0.3 is 0 Å². The van der Waals surface area contributed by atoms with E-state index in [0.717, 1.165) is 11.8 Å². The maximum absolute atomic E-state index is 11.9. The first-order chi connectivity index (χ1) is 4.52. The second kappa shape index (κ2) is 2.62. The molecule has 0 aromatic rings. The highest BCUT2D eigenvalue weighted by molar-refractivity contribution is 8.00. The number of hydrogen-bond acceptors (Lipinski definition) is 2. The van der Waals surface area contributed by atoms with Gasteiger partial charge in [0.2, 0.25) is 0 Å². The van der Waals surface area contributed by atoms with Crippen LogP contribution < -0.4 is 0 Å². The van der Waals surface area contributed by atoms with E-state index in [-0.39, 0.29) is 0 Å². The van der Waals surface area contributed by atoms with Crippen LogP contribution in [0.25, 0.3) is 0 Å². The van der Waals surface area contributed by atoms with Gasteiger partial charge in [-0.25, -0.2) is 0 Å². The number of nitrogens with zero attached hydrogens (tertiary/aromatic N) is 1. The summed E-state index contributed by atoms with van der Waals surface area (Å²) in [6.07, 6.45) is -4.06. The van der Waals surface area contributed by atoms with Gasteiger partial charge in [-0.05, 0) is 7.05 Å². The lowest BCUT2D eigenvalue weighted by atomic mass is 10.5. The summed E-state index contributed by atoms with van der Waals surface area (Å²) in [4.78, 5) is 1.32. The molecule has 1 saturated heterocycles. The number of rotatable bonds is 0. The average Bonchev–Trinajstić information content (AvgIpc) is 2.11. The van der Waals surface area contributed by atoms with E-state index in [1.54, 1.807) is 0 Å². The first kappa shape index (κ1) is 8.20. The molecule has 0 saturated carbocycles. The first-order valence-electron chi connectivity index (χ1n) is 2.90. The fourth-order valence-electron chi connectivity index (χ4n) is 0.897. The Balaban J connectivity index is 2.55. The normalized spacial score (nSPS) is 29.4. The highest BCUT2D eigenvalue weighted by Gasteiger charge is 2.45. The lowest BCUT2D eigenvalue weighted by Crippen LogP contribution is -2.36. The molecule has 1 atom stereocenters. The molecule has 0 aromatic heterocycles. The van der Waals surface area contributed by atoms with Crippen LogP contribution in [0.3, 0.4) is 0 Å². The van der Waals surface area contributed by atoms with Gasteiger partial charge in [-0.3, -0.25) is 4.90 Å². The topological polar surface area (TPSA) is 3.24 Å². The van der Waals surface area contributed by atoms with Crippen molar-refractivity contribution >= 4 is 11.8 Å². The molecule has 60 valence electrons. The molecule has 5 heteroatoms. The Kier molecular flexibility index (Phi) is 2.15. The Morgan fingerprint density at radius 1 is 1.50 bits per heavy atom. The van der Waals surface area contributed by atoms with Crippen LogP contribution in [-0.2, 0) is 0 Å². The molecule has 0 aliphatic carbocycles. The largest absolute Gasteiger partial charge is 0.413 e. The molecule has 0 N–H and O–H groups in total. The van der Waals surface area contributed by atoms with Gasteiger partial charge in [-0.1, -0.05) is 0 Å². The standard InChI is InChI=1S/C5H8F3NS/c1-9-2-3-10-4(9)5(6,7)8/h4H,2-3H2,1H3. The van der Waals surface area contributed by atoms with Gasteiger partial charge in [-0.2, -0.15) is 13.2 Å². The van der Waals surface area contributed by atoms with E-state index in [0.29, 0.717) is 12.3 Å². The Morgan fingerprint density at radius 2 is 2.10 bits per heavy atom. The van der Waals surface area contributed by atoms with Crippen molar-refractivity contribution in [1.29, 1.82) is 0 Å². The van der Waals surface area contributed by atoms with Crippen LogP contribution in [0.15, 0.2) is 0 Å². The monoisotopic (exact) mass is 171 g/mol. The molecular formula is C5H8F3NS. The van der Waals surface area contributed by atoms with Crippen molar-refractivity contribution < 1.29 is 13.2 Å². The number of hydrogen-bond donors (Lipinski definition) is 0. The summed E-state index contributed by atoms with van der Waals surface area (Å²) in [6, 6.07) is 0. The molecular weight excluding hydrogens is 163 g/mol. The average molecular weight is 171 g/mol. The van der Waals surface area contributed by atoms with Crippen LogP contribution >= 0.6 is 11.8 Å². The van der Waals surface area contributed by atoms with Gasteiger partial charge in [0.25, 0.3) is 0 Å². The maximum Gasteiger partial charge on any atom is 0.413 e. The van der Waals surface area contributed by atoms with Gasteiger partial charge in [0, 0.05) is 12.3 Å². The summed E-state index contributed by atoms with van der Waals surface area (Å²) in [6.45, 7) is 0.537. The fourth-order valence-corrected chi connectivity index (χ4v) is 2.06. The molecule has 0 aromatic carbocycles. The third kappa shape index (κ3) is 1.58. The van der Waals surface area contributed by atoms with Crippen molar-refractivity contribution in [3.63, 3.8) is 0 Å². The van der Waals surface area contributed by atoms with E-state index in [1.807, 2.05) is 0 Å². The van der Waals surface area contributed by atoms with Crippen molar-refractivity contribution in [2.75, 3.05) is 19.3 Å². The predicted octanol–water partition coefficient (Wildman–Crippen LogP) is 1.55. The summed E-state index contributed by atoms with van der Waals surface area (Å²) in [7, 11) is 1.50. The van der Waals surface area contributed by atoms with Crippen LogP contribution in [0.4, 0.5) is 13.2 Å². The second-order valence-electron chi connectivity index (χ2n) is 2.25. The van der Waals surface area contributed by atoms with Gasteiger partial charge in [-0.15, -0.1) is 11.8 Å². The third-order valence-corrected chi connectivity index (χ3v) is 2.76. The van der Waals surface area contributed by atoms with Crippen molar-refractivity contribution in [1.82, 2.24) is 4.90 Å². The summed E-state index contributed by atoms with van der Waals surface area (Å²) >= 11 is 0.958. The highest BCUT2D eigenvalue weighted by atomic mass is 32.2. The molecule has 1 heterocycles. The molecule has 1 fully saturated rings. The zero-order chi connectivity index (χ0) is 7.78. The lowest BCUT2D eigenvalue weighted by Gasteiger charge is -2.20. The molecule has 0 spiro atoms. The molecule has 0 amide bonds. The van der Waals surface area contributed by atoms with Crippen LogP contribution in [0.2, 0.25) is 0 Å². The van der Waals surface area contributed by atoms with E-state index in [2.05, 4.69) is 0 Å². The van der Waals surface area contributed by atoms with Crippen molar-refractivity contribution in [3.05, 3.63) is 0 Å². The van der Waals surface area contributed by atoms with Gasteiger partial charge >= 0.3 is 6.18 Å². The van der Waals surface area contributed by atoms with Crippen molar-refractivity contribution in [3.8, 4) is 0 Å². The van der Waals surface area contributed by atoms with Gasteiger partial charge in [0.1, 0.15) is 0 Å². The fraction of sp³-hybridized carbons (Fsp3) is 1.00. The third-order valence-electron chi connectivity index (χ3n) is 1.40. The summed E-state index contributed by atoms with van der Waals surface area (Å²) in [5.41, 5.74) is 0. The Bertz CT molecular complexity index is 125. The van der Waals surface area contributed by atoms with E-state index in [1.165, 1.54) is 11.9 Å². The summed E-state index contributed by atoms with van der Waals surface area (Å²) < 4.78 is 35.8. The van der Waals surface area contributed by atoms with E-state index >= 15 is 0 Å². The number of thioether (sulfide) groups is 1. The molecule has 1 nitrogen and oxygen atoms in total. The Morgan fingerprint density at radius 3 is 2.30 bits per heavy atom. The summed E-state index contributed by atoms with van der Waals surface area (Å²) in [5.74, 6) is 0.584. The van der Waals surface area contributed by atoms with Crippen LogP contribution in [-0.4, -0.2) is 35.8 Å². The van der Waals surface area contributed by atoms with E-state index < -0.39 is 11.6 Å². The number of halogens is 3. The minimum atomic E-state index is -4.06. The SMILES string of the molecule is CN1CCSC1C(F)(F)F. The minimum Gasteiger partial charge on any atom is -0.286 e. The molecule has 1 rings (SSSR count). The number of alkyl halides is 3. The van der Waals surface area contributed by atoms with E-state index in [4.69, 9.17) is 0 Å². The first-order valence-corrected chi connectivity index (χ1v) is 3.95. The highest BCUT2D eigenvalue weighted by Crippen LogP contribution is 2.35. The molecule has 1 unspecified atom stereocenters. The van der Waals surface area contributed by atoms with Crippen LogP contribution in [0.1, 0.15) is 0 Å². The molecule has 1 aliphatic heterocycles. The van der Waals surface area contributed by atoms with Crippen molar-refractivity contribution in [2.24, 2.45) is 0 Å². The van der Waals surface area contributed by atoms with Gasteiger partial charge in [0.05, 0.1) is 0 Å². The van der Waals surface area contributed by atoms with E-state index in [9.17, 15) is 13.2 Å². The Hall–Kier alpha value is 0.100. The zero-order valence-corrected chi connectivity index (χ0v) is 6.30. The van der Waals surface area contributed by atoms with Crippen LogP contribution in [0.5, 0.6) is 0 Å². The molecule has 10 heavy (non-hydrogen) atoms. The molecule has 0 bridgehead atoms. The Labute approximate surface area is 61.6 Å². The molecule has 0 radical (unpaired) electrons. The second-order valence-corrected chi connectivity index (χ2v) is 3.43. The maximum atomic E-state index is 11.9.